The van der Waals surface area contributed by atoms with Crippen molar-refractivity contribution in [3.63, 3.8) is 0 Å². The first-order valence-electron chi connectivity index (χ1n) is 5.39. The smallest absolute Gasteiger partial charge is 0.329 e. The van der Waals surface area contributed by atoms with Gasteiger partial charge in [-0.2, -0.15) is 0 Å². The first-order chi connectivity index (χ1) is 8.66. The van der Waals surface area contributed by atoms with Crippen molar-refractivity contribution < 1.29 is 19.1 Å². The zero-order chi connectivity index (χ0) is 14.8. The molecule has 0 bridgehead atoms. The fourth-order valence-electron chi connectivity index (χ4n) is 1.19. The standard InChI is InChI=1S/C12H14BrFN2O3/c1-12(2,10(17)18)16(3)11(19)15-9-6-7(13)4-5-8(9)14/h4-6H,1-3H3,(H,15,19)(H,17,18). The van der Waals surface area contributed by atoms with Gasteiger partial charge in [-0.15, -0.1) is 0 Å². The maximum absolute atomic E-state index is 13.5. The molecule has 0 aliphatic rings. The van der Waals surface area contributed by atoms with Crippen LogP contribution in [0.1, 0.15) is 13.8 Å². The zero-order valence-corrected chi connectivity index (χ0v) is 12.3. The number of urea groups is 1. The molecule has 0 saturated heterocycles. The second-order valence-electron chi connectivity index (χ2n) is 4.48. The zero-order valence-electron chi connectivity index (χ0n) is 10.7. The van der Waals surface area contributed by atoms with E-state index in [4.69, 9.17) is 5.11 Å². The van der Waals surface area contributed by atoms with Crippen LogP contribution < -0.4 is 5.32 Å². The molecule has 0 aliphatic carbocycles. The molecule has 0 atom stereocenters. The molecular formula is C12H14BrFN2O3. The maximum Gasteiger partial charge on any atom is 0.329 e. The van der Waals surface area contributed by atoms with E-state index in [0.717, 1.165) is 4.90 Å². The molecule has 5 nitrogen and oxygen atoms in total. The normalized spacial score (nSPS) is 11.0. The summed E-state index contributed by atoms with van der Waals surface area (Å²) < 4.78 is 14.1. The lowest BCUT2D eigenvalue weighted by molar-refractivity contribution is -0.146. The van der Waals surface area contributed by atoms with E-state index in [2.05, 4.69) is 21.2 Å². The van der Waals surface area contributed by atoms with E-state index >= 15 is 0 Å². The van der Waals surface area contributed by atoms with Crippen molar-refractivity contribution in [2.24, 2.45) is 0 Å². The van der Waals surface area contributed by atoms with E-state index in [0.29, 0.717) is 4.47 Å². The van der Waals surface area contributed by atoms with E-state index < -0.39 is 23.4 Å². The molecule has 7 heteroatoms. The number of carboxylic acids is 1. The summed E-state index contributed by atoms with van der Waals surface area (Å²) in [5.74, 6) is -1.75. The van der Waals surface area contributed by atoms with Crippen LogP contribution in [-0.2, 0) is 4.79 Å². The number of carboxylic acid groups (broad SMARTS) is 1. The SMILES string of the molecule is CN(C(=O)Nc1cc(Br)ccc1F)C(C)(C)C(=O)O. The molecule has 1 aromatic carbocycles. The highest BCUT2D eigenvalue weighted by atomic mass is 79.9. The minimum Gasteiger partial charge on any atom is -0.480 e. The summed E-state index contributed by atoms with van der Waals surface area (Å²) in [6.45, 7) is 2.76. The van der Waals surface area contributed by atoms with Crippen LogP contribution in [0, 0.1) is 5.82 Å². The fraction of sp³-hybridized carbons (Fsp3) is 0.333. The van der Waals surface area contributed by atoms with Crippen molar-refractivity contribution in [1.29, 1.82) is 0 Å². The average molecular weight is 333 g/mol. The highest BCUT2D eigenvalue weighted by Crippen LogP contribution is 2.21. The van der Waals surface area contributed by atoms with Gasteiger partial charge in [0.15, 0.2) is 0 Å². The Bertz CT molecular complexity index is 520. The lowest BCUT2D eigenvalue weighted by atomic mass is 10.1. The van der Waals surface area contributed by atoms with Crippen molar-refractivity contribution in [2.45, 2.75) is 19.4 Å². The summed E-state index contributed by atoms with van der Waals surface area (Å²) in [7, 11) is 1.33. The van der Waals surface area contributed by atoms with Gasteiger partial charge in [0.1, 0.15) is 11.4 Å². The third-order valence-electron chi connectivity index (χ3n) is 2.84. The predicted octanol–water partition coefficient (Wildman–Crippen LogP) is 2.92. The molecule has 0 aromatic heterocycles. The van der Waals surface area contributed by atoms with E-state index in [9.17, 15) is 14.0 Å². The van der Waals surface area contributed by atoms with Gasteiger partial charge in [0.2, 0.25) is 0 Å². The number of amides is 2. The molecule has 0 spiro atoms. The Morgan fingerprint density at radius 3 is 2.53 bits per heavy atom. The molecule has 0 fully saturated rings. The number of anilines is 1. The van der Waals surface area contributed by atoms with Gasteiger partial charge in [-0.1, -0.05) is 15.9 Å². The average Bonchev–Trinajstić information content (AvgIpc) is 2.32. The molecule has 1 rings (SSSR count). The van der Waals surface area contributed by atoms with Crippen LogP contribution in [-0.4, -0.2) is 34.6 Å². The predicted molar refractivity (Wildman–Crippen MR) is 72.6 cm³/mol. The summed E-state index contributed by atoms with van der Waals surface area (Å²) in [6, 6.07) is 3.39. The number of carbonyl (C=O) groups excluding carboxylic acids is 1. The van der Waals surface area contributed by atoms with Gasteiger partial charge >= 0.3 is 12.0 Å². The van der Waals surface area contributed by atoms with Crippen LogP contribution in [0.2, 0.25) is 0 Å². The van der Waals surface area contributed by atoms with Gasteiger partial charge < -0.3 is 15.3 Å². The highest BCUT2D eigenvalue weighted by molar-refractivity contribution is 9.10. The van der Waals surface area contributed by atoms with Crippen molar-refractivity contribution in [3.8, 4) is 0 Å². The van der Waals surface area contributed by atoms with Crippen LogP contribution in [0.3, 0.4) is 0 Å². The number of nitrogens with zero attached hydrogens (tertiary/aromatic N) is 1. The van der Waals surface area contributed by atoms with E-state index in [-0.39, 0.29) is 5.69 Å². The number of hydrogen-bond acceptors (Lipinski definition) is 2. The van der Waals surface area contributed by atoms with Crippen molar-refractivity contribution in [3.05, 3.63) is 28.5 Å². The first kappa shape index (κ1) is 15.4. The van der Waals surface area contributed by atoms with Crippen molar-refractivity contribution >= 4 is 33.6 Å². The lowest BCUT2D eigenvalue weighted by Crippen LogP contribution is -2.52. The van der Waals surface area contributed by atoms with Crippen molar-refractivity contribution in [2.75, 3.05) is 12.4 Å². The van der Waals surface area contributed by atoms with Crippen LogP contribution in [0.4, 0.5) is 14.9 Å². The Labute approximate surface area is 118 Å². The largest absolute Gasteiger partial charge is 0.480 e. The van der Waals surface area contributed by atoms with Crippen LogP contribution in [0.25, 0.3) is 0 Å². The Morgan fingerprint density at radius 1 is 1.42 bits per heavy atom. The summed E-state index contributed by atoms with van der Waals surface area (Å²) in [6.07, 6.45) is 0. The Morgan fingerprint density at radius 2 is 2.00 bits per heavy atom. The Kier molecular flexibility index (Phi) is 4.52. The highest BCUT2D eigenvalue weighted by Gasteiger charge is 2.35. The summed E-state index contributed by atoms with van der Waals surface area (Å²) in [5.41, 5.74) is -1.42. The van der Waals surface area contributed by atoms with Crippen LogP contribution in [0.15, 0.2) is 22.7 Å². The lowest BCUT2D eigenvalue weighted by Gasteiger charge is -2.31. The number of rotatable bonds is 3. The summed E-state index contributed by atoms with van der Waals surface area (Å²) in [4.78, 5) is 23.9. The van der Waals surface area contributed by atoms with E-state index in [1.807, 2.05) is 0 Å². The second kappa shape index (κ2) is 5.56. The molecule has 0 unspecified atom stereocenters. The number of hydrogen-bond donors (Lipinski definition) is 2. The molecule has 0 aliphatic heterocycles. The Hall–Kier alpha value is -1.63. The number of halogens is 2. The molecular weight excluding hydrogens is 319 g/mol. The van der Waals surface area contributed by atoms with Crippen LogP contribution in [0.5, 0.6) is 0 Å². The summed E-state index contributed by atoms with van der Waals surface area (Å²) >= 11 is 3.16. The van der Waals surface area contributed by atoms with Gasteiger partial charge in [0.25, 0.3) is 0 Å². The monoisotopic (exact) mass is 332 g/mol. The van der Waals surface area contributed by atoms with Gasteiger partial charge in [-0.3, -0.25) is 0 Å². The van der Waals surface area contributed by atoms with E-state index in [1.54, 1.807) is 0 Å². The molecule has 2 amide bonds. The molecule has 1 aromatic rings. The molecule has 104 valence electrons. The first-order valence-corrected chi connectivity index (χ1v) is 6.19. The maximum atomic E-state index is 13.5. The van der Waals surface area contributed by atoms with Gasteiger partial charge in [0.05, 0.1) is 5.69 Å². The molecule has 19 heavy (non-hydrogen) atoms. The van der Waals surface area contributed by atoms with Crippen LogP contribution >= 0.6 is 15.9 Å². The third-order valence-corrected chi connectivity index (χ3v) is 3.33. The van der Waals surface area contributed by atoms with Gasteiger partial charge in [-0.05, 0) is 32.0 Å². The van der Waals surface area contributed by atoms with Crippen molar-refractivity contribution in [1.82, 2.24) is 4.90 Å². The Balaban J connectivity index is 2.91. The number of aliphatic carboxylic acids is 1. The molecule has 0 saturated carbocycles. The van der Waals surface area contributed by atoms with E-state index in [1.165, 1.54) is 39.1 Å². The van der Waals surface area contributed by atoms with Gasteiger partial charge in [0, 0.05) is 11.5 Å². The number of nitrogens with one attached hydrogen (secondary N) is 1. The second-order valence-corrected chi connectivity index (χ2v) is 5.39. The quantitative estimate of drug-likeness (QED) is 0.894. The number of carbonyl (C=O) groups is 2. The number of likely N-dealkylation sites (N-methyl/N-ethyl adjacent to an activating group) is 1. The fourth-order valence-corrected chi connectivity index (χ4v) is 1.55. The topological polar surface area (TPSA) is 69.6 Å². The third kappa shape index (κ3) is 3.44. The summed E-state index contributed by atoms with van der Waals surface area (Å²) in [5, 5.41) is 11.4. The number of benzene rings is 1. The minimum absolute atomic E-state index is 0.0209. The minimum atomic E-state index is -1.40. The van der Waals surface area contributed by atoms with Gasteiger partial charge in [-0.25, -0.2) is 14.0 Å². The molecule has 0 heterocycles. The molecule has 2 N–H and O–H groups in total. The molecule has 0 radical (unpaired) electrons.